The fourth-order valence-corrected chi connectivity index (χ4v) is 3.25. The molecule has 1 amide bonds. The van der Waals surface area contributed by atoms with E-state index in [0.717, 1.165) is 5.56 Å². The van der Waals surface area contributed by atoms with Crippen molar-refractivity contribution < 1.29 is 22.7 Å². The number of sulfonamides is 1. The van der Waals surface area contributed by atoms with Gasteiger partial charge in [-0.25, -0.2) is 13.1 Å². The first-order valence-electron chi connectivity index (χ1n) is 7.30. The second kappa shape index (κ2) is 6.91. The van der Waals surface area contributed by atoms with Crippen LogP contribution in [0.25, 0.3) is 0 Å². The summed E-state index contributed by atoms with van der Waals surface area (Å²) in [6.45, 7) is 0.405. The van der Waals surface area contributed by atoms with Gasteiger partial charge < -0.3 is 14.8 Å². The van der Waals surface area contributed by atoms with Gasteiger partial charge in [0.25, 0.3) is 5.91 Å². The molecule has 2 N–H and O–H groups in total. The third kappa shape index (κ3) is 3.71. The third-order valence-corrected chi connectivity index (χ3v) is 5.39. The number of amides is 1. The zero-order valence-electron chi connectivity index (χ0n) is 13.2. The highest BCUT2D eigenvalue weighted by atomic mass is 35.5. The van der Waals surface area contributed by atoms with Gasteiger partial charge in [0.15, 0.2) is 11.5 Å². The maximum Gasteiger partial charge on any atom is 0.253 e. The number of halogens is 1. The van der Waals surface area contributed by atoms with Crippen LogP contribution in [-0.4, -0.2) is 28.2 Å². The first kappa shape index (κ1) is 17.5. The molecule has 0 radical (unpaired) electrons. The molecule has 2 aromatic rings. The van der Waals surface area contributed by atoms with E-state index in [-0.39, 0.29) is 28.8 Å². The number of carbonyl (C=O) groups is 1. The Morgan fingerprint density at radius 1 is 1.16 bits per heavy atom. The Morgan fingerprint density at radius 2 is 1.92 bits per heavy atom. The van der Waals surface area contributed by atoms with Crippen molar-refractivity contribution in [2.75, 3.05) is 13.8 Å². The van der Waals surface area contributed by atoms with Crippen molar-refractivity contribution in [2.24, 2.45) is 0 Å². The quantitative estimate of drug-likeness (QED) is 0.823. The van der Waals surface area contributed by atoms with Crippen LogP contribution in [0.15, 0.2) is 41.3 Å². The minimum absolute atomic E-state index is 0.0346. The predicted octanol–water partition coefficient (Wildman–Crippen LogP) is 1.91. The molecule has 0 unspecified atom stereocenters. The summed E-state index contributed by atoms with van der Waals surface area (Å²) in [5, 5.41) is 2.87. The second-order valence-corrected chi connectivity index (χ2v) is 7.51. The number of nitrogens with one attached hydrogen (secondary N) is 2. The van der Waals surface area contributed by atoms with Crippen LogP contribution in [0, 0.1) is 0 Å². The van der Waals surface area contributed by atoms with Gasteiger partial charge in [-0.05, 0) is 42.9 Å². The number of hydrogen-bond acceptors (Lipinski definition) is 5. The van der Waals surface area contributed by atoms with Crippen molar-refractivity contribution >= 4 is 27.5 Å². The first-order valence-corrected chi connectivity index (χ1v) is 9.16. The van der Waals surface area contributed by atoms with Gasteiger partial charge in [0, 0.05) is 6.54 Å². The molecule has 1 aliphatic rings. The number of fused-ring (bicyclic) bond motifs is 1. The van der Waals surface area contributed by atoms with E-state index >= 15 is 0 Å². The van der Waals surface area contributed by atoms with Crippen molar-refractivity contribution in [1.82, 2.24) is 10.0 Å². The molecule has 25 heavy (non-hydrogen) atoms. The predicted molar refractivity (Wildman–Crippen MR) is 91.4 cm³/mol. The second-order valence-electron chi connectivity index (χ2n) is 5.22. The van der Waals surface area contributed by atoms with Gasteiger partial charge in [-0.1, -0.05) is 17.7 Å². The van der Waals surface area contributed by atoms with Gasteiger partial charge >= 0.3 is 0 Å². The molecule has 0 saturated heterocycles. The zero-order valence-corrected chi connectivity index (χ0v) is 14.8. The fourth-order valence-electron chi connectivity index (χ4n) is 2.29. The lowest BCUT2D eigenvalue weighted by Crippen LogP contribution is -2.24. The number of benzene rings is 2. The average molecular weight is 383 g/mol. The topological polar surface area (TPSA) is 93.7 Å². The molecule has 3 rings (SSSR count). The van der Waals surface area contributed by atoms with Crippen LogP contribution in [0.4, 0.5) is 0 Å². The first-order chi connectivity index (χ1) is 11.9. The van der Waals surface area contributed by atoms with Gasteiger partial charge in [-0.3, -0.25) is 4.79 Å². The van der Waals surface area contributed by atoms with E-state index in [2.05, 4.69) is 10.0 Å². The van der Waals surface area contributed by atoms with Gasteiger partial charge in [0.2, 0.25) is 16.8 Å². The van der Waals surface area contributed by atoms with Gasteiger partial charge in [-0.15, -0.1) is 0 Å². The van der Waals surface area contributed by atoms with Crippen molar-refractivity contribution in [3.63, 3.8) is 0 Å². The Labute approximate surface area is 149 Å². The van der Waals surface area contributed by atoms with Crippen LogP contribution in [0.2, 0.25) is 5.02 Å². The minimum Gasteiger partial charge on any atom is -0.454 e. The van der Waals surface area contributed by atoms with Crippen LogP contribution in [0.1, 0.15) is 15.9 Å². The summed E-state index contributed by atoms with van der Waals surface area (Å²) in [7, 11) is -2.37. The average Bonchev–Trinajstić information content (AvgIpc) is 3.07. The van der Waals surface area contributed by atoms with Gasteiger partial charge in [0.1, 0.15) is 0 Å². The van der Waals surface area contributed by atoms with Gasteiger partial charge in [0.05, 0.1) is 15.5 Å². The molecular weight excluding hydrogens is 368 g/mol. The molecule has 0 aliphatic carbocycles. The van der Waals surface area contributed by atoms with E-state index in [0.29, 0.717) is 11.5 Å². The van der Waals surface area contributed by atoms with Crippen LogP contribution in [0.5, 0.6) is 11.5 Å². The Morgan fingerprint density at radius 3 is 2.68 bits per heavy atom. The van der Waals surface area contributed by atoms with Crippen LogP contribution in [0.3, 0.4) is 0 Å². The van der Waals surface area contributed by atoms with Crippen molar-refractivity contribution in [3.05, 3.63) is 52.5 Å². The normalized spacial score (nSPS) is 12.9. The summed E-state index contributed by atoms with van der Waals surface area (Å²) in [6, 6.07) is 9.29. The number of ether oxygens (including phenoxy) is 2. The molecule has 0 atom stereocenters. The highest BCUT2D eigenvalue weighted by molar-refractivity contribution is 7.89. The molecule has 0 spiro atoms. The minimum atomic E-state index is -3.66. The molecule has 9 heteroatoms. The van der Waals surface area contributed by atoms with E-state index in [1.807, 2.05) is 0 Å². The highest BCUT2D eigenvalue weighted by Gasteiger charge is 2.18. The summed E-state index contributed by atoms with van der Waals surface area (Å²) in [4.78, 5) is 12.3. The largest absolute Gasteiger partial charge is 0.454 e. The maximum absolute atomic E-state index is 12.4. The summed E-state index contributed by atoms with van der Waals surface area (Å²) in [5.74, 6) is 0.797. The maximum atomic E-state index is 12.4. The standard InChI is InChI=1S/C16H15ClN2O5S/c1-18-25(21,22)11-3-4-13(17)12(7-11)16(20)19-8-10-2-5-14-15(6-10)24-9-23-14/h2-7,18H,8-9H2,1H3,(H,19,20). The molecule has 7 nitrogen and oxygen atoms in total. The molecule has 132 valence electrons. The Kier molecular flexibility index (Phi) is 4.85. The zero-order chi connectivity index (χ0) is 18.0. The summed E-state index contributed by atoms with van der Waals surface area (Å²) in [5.41, 5.74) is 0.895. The van der Waals surface area contributed by atoms with E-state index in [1.54, 1.807) is 18.2 Å². The number of rotatable bonds is 5. The molecule has 0 bridgehead atoms. The van der Waals surface area contributed by atoms with Crippen molar-refractivity contribution in [1.29, 1.82) is 0 Å². The third-order valence-electron chi connectivity index (χ3n) is 3.65. The molecule has 0 aromatic heterocycles. The van der Waals surface area contributed by atoms with E-state index in [4.69, 9.17) is 21.1 Å². The lowest BCUT2D eigenvalue weighted by Gasteiger charge is -2.09. The van der Waals surface area contributed by atoms with E-state index < -0.39 is 15.9 Å². The number of hydrogen-bond donors (Lipinski definition) is 2. The summed E-state index contributed by atoms with van der Waals surface area (Å²) in [6.07, 6.45) is 0. The van der Waals surface area contributed by atoms with Gasteiger partial charge in [-0.2, -0.15) is 0 Å². The van der Waals surface area contributed by atoms with E-state index in [1.165, 1.54) is 25.2 Å². The highest BCUT2D eigenvalue weighted by Crippen LogP contribution is 2.32. The SMILES string of the molecule is CNS(=O)(=O)c1ccc(Cl)c(C(=O)NCc2ccc3c(c2)OCO3)c1. The number of carbonyl (C=O) groups excluding carboxylic acids is 1. The fraction of sp³-hybridized carbons (Fsp3) is 0.188. The van der Waals surface area contributed by atoms with Crippen molar-refractivity contribution in [3.8, 4) is 11.5 Å². The Hall–Kier alpha value is -2.29. The van der Waals surface area contributed by atoms with Crippen LogP contribution >= 0.6 is 11.6 Å². The molecular formula is C16H15ClN2O5S. The summed E-state index contributed by atoms with van der Waals surface area (Å²) < 4.78 is 36.4. The molecule has 1 aliphatic heterocycles. The lowest BCUT2D eigenvalue weighted by atomic mass is 10.1. The summed E-state index contributed by atoms with van der Waals surface area (Å²) >= 11 is 6.03. The van der Waals surface area contributed by atoms with Crippen LogP contribution in [-0.2, 0) is 16.6 Å². The molecule has 1 heterocycles. The Bertz CT molecular complexity index is 930. The van der Waals surface area contributed by atoms with E-state index in [9.17, 15) is 13.2 Å². The monoisotopic (exact) mass is 382 g/mol. The van der Waals surface area contributed by atoms with Crippen molar-refractivity contribution in [2.45, 2.75) is 11.4 Å². The lowest BCUT2D eigenvalue weighted by molar-refractivity contribution is 0.0950. The van der Waals surface area contributed by atoms with Crippen LogP contribution < -0.4 is 19.5 Å². The smallest absolute Gasteiger partial charge is 0.253 e. The Balaban J connectivity index is 1.76. The molecule has 2 aromatic carbocycles. The molecule has 0 saturated carbocycles. The molecule has 0 fully saturated rings.